The van der Waals surface area contributed by atoms with E-state index in [1.165, 1.54) is 44.9 Å². The fraction of sp³-hybridized carbons (Fsp3) is 1.00. The van der Waals surface area contributed by atoms with Crippen molar-refractivity contribution in [3.05, 3.63) is 0 Å². The van der Waals surface area contributed by atoms with E-state index in [1.807, 2.05) is 0 Å². The molecule has 1 nitrogen and oxygen atoms in total. The molecule has 0 spiro atoms. The first kappa shape index (κ1) is 8.55. The van der Waals surface area contributed by atoms with Crippen LogP contribution in [0.15, 0.2) is 0 Å². The average molecular weight is 167 g/mol. The van der Waals surface area contributed by atoms with Gasteiger partial charge in [0.05, 0.1) is 0 Å². The van der Waals surface area contributed by atoms with Crippen LogP contribution in [0.5, 0.6) is 0 Å². The summed E-state index contributed by atoms with van der Waals surface area (Å²) in [6.07, 6.45) is 9.62. The predicted molar refractivity (Wildman–Crippen MR) is 51.9 cm³/mol. The molecule has 0 aliphatic heterocycles. The molecular formula is C11H21N. The van der Waals surface area contributed by atoms with Gasteiger partial charge in [-0.25, -0.2) is 0 Å². The molecule has 0 bridgehead atoms. The van der Waals surface area contributed by atoms with Crippen molar-refractivity contribution in [2.75, 3.05) is 0 Å². The molecule has 0 heterocycles. The van der Waals surface area contributed by atoms with Crippen molar-refractivity contribution in [2.24, 2.45) is 17.6 Å². The van der Waals surface area contributed by atoms with Gasteiger partial charge in [-0.05, 0) is 43.9 Å². The predicted octanol–water partition coefficient (Wildman–Crippen LogP) is 2.69. The number of hydrogen-bond donors (Lipinski definition) is 1. The highest BCUT2D eigenvalue weighted by Crippen LogP contribution is 2.43. The Morgan fingerprint density at radius 2 is 1.83 bits per heavy atom. The molecule has 2 aliphatic rings. The zero-order chi connectivity index (χ0) is 8.60. The lowest BCUT2D eigenvalue weighted by Crippen LogP contribution is -2.43. The summed E-state index contributed by atoms with van der Waals surface area (Å²) in [7, 11) is 0. The van der Waals surface area contributed by atoms with Crippen molar-refractivity contribution in [3.8, 4) is 0 Å². The largest absolute Gasteiger partial charge is 0.325 e. The van der Waals surface area contributed by atoms with Crippen molar-refractivity contribution < 1.29 is 0 Å². The molecule has 70 valence electrons. The number of hydrogen-bond acceptors (Lipinski definition) is 1. The Bertz CT molecular complexity index is 160. The third kappa shape index (κ3) is 1.39. The Balaban J connectivity index is 2.00. The van der Waals surface area contributed by atoms with Crippen LogP contribution in [0.3, 0.4) is 0 Å². The van der Waals surface area contributed by atoms with Gasteiger partial charge < -0.3 is 5.73 Å². The highest BCUT2D eigenvalue weighted by atomic mass is 14.8. The van der Waals surface area contributed by atoms with Crippen LogP contribution in [-0.2, 0) is 0 Å². The molecule has 2 fully saturated rings. The summed E-state index contributed by atoms with van der Waals surface area (Å²) in [4.78, 5) is 0. The molecule has 2 unspecified atom stereocenters. The van der Waals surface area contributed by atoms with Crippen LogP contribution >= 0.6 is 0 Å². The van der Waals surface area contributed by atoms with Gasteiger partial charge in [-0.3, -0.25) is 0 Å². The maximum absolute atomic E-state index is 6.45. The van der Waals surface area contributed by atoms with Crippen molar-refractivity contribution in [3.63, 3.8) is 0 Å². The van der Waals surface area contributed by atoms with Crippen LogP contribution in [0.25, 0.3) is 0 Å². The molecule has 2 N–H and O–H groups in total. The molecule has 1 heteroatoms. The molecular weight excluding hydrogens is 146 g/mol. The summed E-state index contributed by atoms with van der Waals surface area (Å²) < 4.78 is 0. The van der Waals surface area contributed by atoms with Gasteiger partial charge in [0.25, 0.3) is 0 Å². The Morgan fingerprint density at radius 3 is 2.33 bits per heavy atom. The monoisotopic (exact) mass is 167 g/mol. The van der Waals surface area contributed by atoms with Crippen LogP contribution in [0.2, 0.25) is 0 Å². The SMILES string of the molecule is CC1CCC(N)(C2CCCC2)C1. The lowest BCUT2D eigenvalue weighted by Gasteiger charge is -2.31. The molecule has 2 saturated carbocycles. The molecule has 0 aromatic carbocycles. The molecule has 0 aromatic heterocycles. The van der Waals surface area contributed by atoms with Gasteiger partial charge in [0.2, 0.25) is 0 Å². The van der Waals surface area contributed by atoms with E-state index in [2.05, 4.69) is 6.92 Å². The topological polar surface area (TPSA) is 26.0 Å². The van der Waals surface area contributed by atoms with E-state index in [9.17, 15) is 0 Å². The molecule has 12 heavy (non-hydrogen) atoms. The average Bonchev–Trinajstić information content (AvgIpc) is 2.59. The Hall–Kier alpha value is -0.0400. The Kier molecular flexibility index (Phi) is 2.16. The number of nitrogens with two attached hydrogens (primary N) is 1. The first-order valence-electron chi connectivity index (χ1n) is 5.49. The fourth-order valence-electron chi connectivity index (χ4n) is 3.24. The van der Waals surface area contributed by atoms with E-state index in [1.54, 1.807) is 0 Å². The van der Waals surface area contributed by atoms with Gasteiger partial charge in [-0.2, -0.15) is 0 Å². The van der Waals surface area contributed by atoms with Crippen molar-refractivity contribution in [1.82, 2.24) is 0 Å². The third-order valence-corrected chi connectivity index (χ3v) is 4.00. The minimum Gasteiger partial charge on any atom is -0.325 e. The molecule has 0 amide bonds. The second-order valence-electron chi connectivity index (χ2n) is 5.06. The van der Waals surface area contributed by atoms with Crippen molar-refractivity contribution in [1.29, 1.82) is 0 Å². The minimum absolute atomic E-state index is 0.246. The summed E-state index contributed by atoms with van der Waals surface area (Å²) in [5, 5.41) is 0. The first-order valence-corrected chi connectivity index (χ1v) is 5.49. The molecule has 2 atom stereocenters. The van der Waals surface area contributed by atoms with Crippen molar-refractivity contribution >= 4 is 0 Å². The van der Waals surface area contributed by atoms with Gasteiger partial charge in [-0.15, -0.1) is 0 Å². The summed E-state index contributed by atoms with van der Waals surface area (Å²) in [6.45, 7) is 2.35. The van der Waals surface area contributed by atoms with E-state index in [0.717, 1.165) is 11.8 Å². The normalized spacial score (nSPS) is 44.0. The fourth-order valence-corrected chi connectivity index (χ4v) is 3.24. The van der Waals surface area contributed by atoms with Gasteiger partial charge >= 0.3 is 0 Å². The quantitative estimate of drug-likeness (QED) is 0.638. The van der Waals surface area contributed by atoms with E-state index in [4.69, 9.17) is 5.73 Å². The maximum Gasteiger partial charge on any atom is 0.0185 e. The molecule has 2 rings (SSSR count). The highest BCUT2D eigenvalue weighted by molar-refractivity contribution is 4.98. The Morgan fingerprint density at radius 1 is 1.17 bits per heavy atom. The zero-order valence-corrected chi connectivity index (χ0v) is 8.18. The second kappa shape index (κ2) is 3.02. The lowest BCUT2D eigenvalue weighted by atomic mass is 9.81. The van der Waals surface area contributed by atoms with E-state index in [-0.39, 0.29) is 5.54 Å². The van der Waals surface area contributed by atoms with Gasteiger partial charge in [0, 0.05) is 5.54 Å². The van der Waals surface area contributed by atoms with Crippen LogP contribution < -0.4 is 5.73 Å². The summed E-state index contributed by atoms with van der Waals surface area (Å²) in [6, 6.07) is 0. The molecule has 2 aliphatic carbocycles. The Labute approximate surface area is 75.7 Å². The van der Waals surface area contributed by atoms with Crippen LogP contribution in [0.1, 0.15) is 51.9 Å². The van der Waals surface area contributed by atoms with Gasteiger partial charge in [0.15, 0.2) is 0 Å². The van der Waals surface area contributed by atoms with Gasteiger partial charge in [0.1, 0.15) is 0 Å². The zero-order valence-electron chi connectivity index (χ0n) is 8.18. The van der Waals surface area contributed by atoms with Crippen molar-refractivity contribution in [2.45, 2.75) is 57.4 Å². The van der Waals surface area contributed by atoms with E-state index < -0.39 is 0 Å². The standard InChI is InChI=1S/C11H21N/c1-9-6-7-11(12,8-9)10-4-2-3-5-10/h9-10H,2-8,12H2,1H3. The number of rotatable bonds is 1. The summed E-state index contributed by atoms with van der Waals surface area (Å²) >= 11 is 0. The second-order valence-corrected chi connectivity index (χ2v) is 5.06. The van der Waals surface area contributed by atoms with Crippen LogP contribution in [0.4, 0.5) is 0 Å². The summed E-state index contributed by atoms with van der Waals surface area (Å²) in [5.41, 5.74) is 6.70. The smallest absolute Gasteiger partial charge is 0.0185 e. The lowest BCUT2D eigenvalue weighted by molar-refractivity contribution is 0.273. The summed E-state index contributed by atoms with van der Waals surface area (Å²) in [5.74, 6) is 1.75. The highest BCUT2D eigenvalue weighted by Gasteiger charge is 2.41. The van der Waals surface area contributed by atoms with E-state index >= 15 is 0 Å². The molecule has 0 saturated heterocycles. The molecule has 0 aromatic rings. The van der Waals surface area contributed by atoms with Crippen LogP contribution in [0, 0.1) is 11.8 Å². The minimum atomic E-state index is 0.246. The maximum atomic E-state index is 6.45. The molecule has 0 radical (unpaired) electrons. The third-order valence-electron chi connectivity index (χ3n) is 4.00. The van der Waals surface area contributed by atoms with Crippen LogP contribution in [-0.4, -0.2) is 5.54 Å². The first-order chi connectivity index (χ1) is 5.71. The van der Waals surface area contributed by atoms with Gasteiger partial charge in [-0.1, -0.05) is 19.8 Å². The van der Waals surface area contributed by atoms with E-state index in [0.29, 0.717) is 0 Å².